The van der Waals surface area contributed by atoms with Gasteiger partial charge in [0.25, 0.3) is 5.91 Å². The topological polar surface area (TPSA) is 77.2 Å². The number of carbonyl (C=O) groups is 1. The summed E-state index contributed by atoms with van der Waals surface area (Å²) in [4.78, 5) is 17.4. The SMILES string of the molecule is CC[C@H](Oc1ccc(F)cc1)C(=O)NCc1nc(-c2cccs2)no1. The molecule has 2 heterocycles. The molecule has 0 radical (unpaired) electrons. The summed E-state index contributed by atoms with van der Waals surface area (Å²) in [5.41, 5.74) is 0. The molecule has 130 valence electrons. The van der Waals surface area contributed by atoms with Crippen molar-refractivity contribution < 1.29 is 18.4 Å². The molecule has 2 aromatic heterocycles. The van der Waals surface area contributed by atoms with Crippen LogP contribution >= 0.6 is 11.3 Å². The molecule has 0 spiro atoms. The first kappa shape index (κ1) is 17.1. The zero-order chi connectivity index (χ0) is 17.6. The van der Waals surface area contributed by atoms with Crippen LogP contribution in [0.4, 0.5) is 4.39 Å². The third-order valence-electron chi connectivity index (χ3n) is 3.38. The van der Waals surface area contributed by atoms with Crippen LogP contribution in [0.25, 0.3) is 10.7 Å². The first-order valence-electron chi connectivity index (χ1n) is 7.72. The van der Waals surface area contributed by atoms with Crippen LogP contribution < -0.4 is 10.1 Å². The van der Waals surface area contributed by atoms with Crippen molar-refractivity contribution >= 4 is 17.2 Å². The fourth-order valence-corrected chi connectivity index (χ4v) is 2.76. The number of thiophene rings is 1. The number of ether oxygens (including phenoxy) is 1. The molecular weight excluding hydrogens is 345 g/mol. The third-order valence-corrected chi connectivity index (χ3v) is 4.24. The van der Waals surface area contributed by atoms with Gasteiger partial charge in [-0.1, -0.05) is 18.1 Å². The molecule has 3 aromatic rings. The summed E-state index contributed by atoms with van der Waals surface area (Å²) in [5, 5.41) is 8.52. The quantitative estimate of drug-likeness (QED) is 0.698. The van der Waals surface area contributed by atoms with Crippen molar-refractivity contribution in [3.63, 3.8) is 0 Å². The summed E-state index contributed by atoms with van der Waals surface area (Å²) < 4.78 is 23.6. The number of amides is 1. The van der Waals surface area contributed by atoms with E-state index >= 15 is 0 Å². The van der Waals surface area contributed by atoms with Crippen LogP contribution in [0.1, 0.15) is 19.2 Å². The minimum atomic E-state index is -0.690. The summed E-state index contributed by atoms with van der Waals surface area (Å²) in [6.45, 7) is 1.94. The zero-order valence-electron chi connectivity index (χ0n) is 13.4. The molecule has 0 aliphatic carbocycles. The number of aromatic nitrogens is 2. The molecule has 8 heteroatoms. The van der Waals surface area contributed by atoms with Crippen molar-refractivity contribution in [2.75, 3.05) is 0 Å². The van der Waals surface area contributed by atoms with Gasteiger partial charge < -0.3 is 14.6 Å². The van der Waals surface area contributed by atoms with Crippen molar-refractivity contribution in [1.29, 1.82) is 0 Å². The van der Waals surface area contributed by atoms with Crippen LogP contribution in [0.15, 0.2) is 46.3 Å². The van der Waals surface area contributed by atoms with Crippen molar-refractivity contribution in [2.45, 2.75) is 26.0 Å². The lowest BCUT2D eigenvalue weighted by Crippen LogP contribution is -2.37. The van der Waals surface area contributed by atoms with Gasteiger partial charge in [0.1, 0.15) is 11.6 Å². The number of nitrogens with zero attached hydrogens (tertiary/aromatic N) is 2. The van der Waals surface area contributed by atoms with E-state index in [1.54, 1.807) is 0 Å². The van der Waals surface area contributed by atoms with Crippen molar-refractivity contribution in [3.05, 3.63) is 53.5 Å². The highest BCUT2D eigenvalue weighted by atomic mass is 32.1. The van der Waals surface area contributed by atoms with Gasteiger partial charge in [0, 0.05) is 0 Å². The Bertz CT molecular complexity index is 818. The number of rotatable bonds is 7. The molecule has 0 fully saturated rings. The molecule has 0 saturated carbocycles. The van der Waals surface area contributed by atoms with Gasteiger partial charge in [-0.2, -0.15) is 4.98 Å². The lowest BCUT2D eigenvalue weighted by atomic mass is 10.2. The predicted molar refractivity (Wildman–Crippen MR) is 90.6 cm³/mol. The number of halogens is 1. The van der Waals surface area contributed by atoms with E-state index in [1.807, 2.05) is 24.4 Å². The maximum atomic E-state index is 12.9. The van der Waals surface area contributed by atoms with E-state index in [4.69, 9.17) is 9.26 Å². The molecule has 1 amide bonds. The second kappa shape index (κ2) is 7.89. The van der Waals surface area contributed by atoms with E-state index < -0.39 is 6.10 Å². The maximum absolute atomic E-state index is 12.9. The van der Waals surface area contributed by atoms with Gasteiger partial charge >= 0.3 is 0 Å². The normalized spacial score (nSPS) is 11.9. The van der Waals surface area contributed by atoms with E-state index in [0.29, 0.717) is 23.9 Å². The van der Waals surface area contributed by atoms with Crippen LogP contribution in [0.3, 0.4) is 0 Å². The molecule has 1 N–H and O–H groups in total. The average Bonchev–Trinajstić information content (AvgIpc) is 3.30. The lowest BCUT2D eigenvalue weighted by molar-refractivity contribution is -0.128. The molecule has 0 saturated heterocycles. The van der Waals surface area contributed by atoms with Gasteiger partial charge in [-0.3, -0.25) is 4.79 Å². The Morgan fingerprint density at radius 2 is 2.16 bits per heavy atom. The highest BCUT2D eigenvalue weighted by Crippen LogP contribution is 2.21. The minimum absolute atomic E-state index is 0.112. The molecule has 25 heavy (non-hydrogen) atoms. The summed E-state index contributed by atoms with van der Waals surface area (Å²) in [6, 6.07) is 9.32. The molecule has 0 bridgehead atoms. The first-order chi connectivity index (χ1) is 12.2. The van der Waals surface area contributed by atoms with E-state index in [-0.39, 0.29) is 18.3 Å². The Morgan fingerprint density at radius 1 is 1.36 bits per heavy atom. The van der Waals surface area contributed by atoms with E-state index in [2.05, 4.69) is 15.5 Å². The average molecular weight is 361 g/mol. The third kappa shape index (κ3) is 4.42. The highest BCUT2D eigenvalue weighted by molar-refractivity contribution is 7.13. The van der Waals surface area contributed by atoms with Crippen LogP contribution in [-0.2, 0) is 11.3 Å². The highest BCUT2D eigenvalue weighted by Gasteiger charge is 2.19. The molecule has 0 aliphatic heterocycles. The summed E-state index contributed by atoms with van der Waals surface area (Å²) in [5.74, 6) is 0.578. The predicted octanol–water partition coefficient (Wildman–Crippen LogP) is 3.41. The first-order valence-corrected chi connectivity index (χ1v) is 8.60. The number of hydrogen-bond donors (Lipinski definition) is 1. The van der Waals surface area contributed by atoms with Crippen LogP contribution in [0, 0.1) is 5.82 Å². The fraction of sp³-hybridized carbons (Fsp3) is 0.235. The number of hydrogen-bond acceptors (Lipinski definition) is 6. The maximum Gasteiger partial charge on any atom is 0.261 e. The van der Waals surface area contributed by atoms with Crippen LogP contribution in [-0.4, -0.2) is 22.2 Å². The Kier molecular flexibility index (Phi) is 5.39. The summed E-state index contributed by atoms with van der Waals surface area (Å²) in [6.07, 6.45) is -0.224. The molecular formula is C17H16FN3O3S. The molecule has 3 rings (SSSR count). The monoisotopic (exact) mass is 361 g/mol. The van der Waals surface area contributed by atoms with Crippen LogP contribution in [0.2, 0.25) is 0 Å². The Balaban J connectivity index is 1.56. The molecule has 1 aromatic carbocycles. The molecule has 0 aliphatic rings. The number of benzene rings is 1. The minimum Gasteiger partial charge on any atom is -0.481 e. The van der Waals surface area contributed by atoms with E-state index in [0.717, 1.165) is 4.88 Å². The Hall–Kier alpha value is -2.74. The van der Waals surface area contributed by atoms with E-state index in [9.17, 15) is 9.18 Å². The van der Waals surface area contributed by atoms with Gasteiger partial charge in [0.15, 0.2) is 6.10 Å². The smallest absolute Gasteiger partial charge is 0.261 e. The number of carbonyl (C=O) groups excluding carboxylic acids is 1. The Labute approximate surface area is 147 Å². The van der Waals surface area contributed by atoms with Gasteiger partial charge in [-0.05, 0) is 42.1 Å². The van der Waals surface area contributed by atoms with Crippen molar-refractivity contribution in [1.82, 2.24) is 15.5 Å². The van der Waals surface area contributed by atoms with Gasteiger partial charge in [0.05, 0.1) is 11.4 Å². The largest absolute Gasteiger partial charge is 0.481 e. The standard InChI is InChI=1S/C17H16FN3O3S/c1-2-13(23-12-7-5-11(18)6-8-12)17(22)19-10-15-20-16(21-24-15)14-4-3-9-25-14/h3-9,13H,2,10H2,1H3,(H,19,22)/t13-/m0/s1. The van der Waals surface area contributed by atoms with Crippen molar-refractivity contribution in [3.8, 4) is 16.5 Å². The second-order valence-corrected chi connectivity index (χ2v) is 6.12. The second-order valence-electron chi connectivity index (χ2n) is 5.18. The van der Waals surface area contributed by atoms with Crippen molar-refractivity contribution in [2.24, 2.45) is 0 Å². The fourth-order valence-electron chi connectivity index (χ4n) is 2.11. The van der Waals surface area contributed by atoms with E-state index in [1.165, 1.54) is 35.6 Å². The molecule has 0 unspecified atom stereocenters. The molecule has 1 atom stereocenters. The summed E-state index contributed by atoms with van der Waals surface area (Å²) >= 11 is 1.51. The van der Waals surface area contributed by atoms with Gasteiger partial charge in [-0.15, -0.1) is 11.3 Å². The van der Waals surface area contributed by atoms with Gasteiger partial charge in [0.2, 0.25) is 11.7 Å². The summed E-state index contributed by atoms with van der Waals surface area (Å²) in [7, 11) is 0. The zero-order valence-corrected chi connectivity index (χ0v) is 14.3. The molecule has 6 nitrogen and oxygen atoms in total. The van der Waals surface area contributed by atoms with Crippen LogP contribution in [0.5, 0.6) is 5.75 Å². The van der Waals surface area contributed by atoms with Gasteiger partial charge in [-0.25, -0.2) is 4.39 Å². The number of nitrogens with one attached hydrogen (secondary N) is 1. The Morgan fingerprint density at radius 3 is 2.84 bits per heavy atom. The lowest BCUT2D eigenvalue weighted by Gasteiger charge is -2.16.